The Hall–Kier alpha value is -3.25. The van der Waals surface area contributed by atoms with E-state index in [1.165, 1.54) is 38.9 Å². The van der Waals surface area contributed by atoms with Crippen LogP contribution in [0.15, 0.2) is 52.6 Å². The number of methoxy groups -OCH3 is 1. The van der Waals surface area contributed by atoms with Crippen LogP contribution in [0.4, 0.5) is 0 Å². The summed E-state index contributed by atoms with van der Waals surface area (Å²) < 4.78 is 37.0. The van der Waals surface area contributed by atoms with E-state index >= 15 is 0 Å². The number of fused-ring (bicyclic) bond motifs is 7. The normalized spacial score (nSPS) is 27.7. The van der Waals surface area contributed by atoms with E-state index in [2.05, 4.69) is 49.9 Å². The van der Waals surface area contributed by atoms with Crippen molar-refractivity contribution in [2.75, 3.05) is 40.8 Å². The lowest BCUT2D eigenvalue weighted by Crippen LogP contribution is -2.60. The van der Waals surface area contributed by atoms with Gasteiger partial charge < -0.3 is 14.6 Å². The standard InChI is InChI=1S/C36H45N5O5S/c1-39(2)47(44,45)38-36(43)32-26-20-41-28(19-25-29(46-3)15-14-22(34(25)41)21-9-5-4-6-10-21)30-23(31(26)32)11-7-12-24(30)35(42)33-27-13-8-17-40(27)18-16-37-33/h7,11,14-15,19,21,24,27,30,33,37H,4-6,8-10,12-13,16-18,20H2,1-3H3,(H,38,43)/t24-,27-,30?,33?/m1/s1. The van der Waals surface area contributed by atoms with Crippen LogP contribution in [0, 0.1) is 5.92 Å². The number of allylic oxidation sites excluding steroid dienone is 4. The number of ketones is 1. The van der Waals surface area contributed by atoms with Gasteiger partial charge in [0, 0.05) is 62.7 Å². The predicted molar refractivity (Wildman–Crippen MR) is 180 cm³/mol. The highest BCUT2D eigenvalue weighted by molar-refractivity contribution is 7.87. The molecule has 1 amide bonds. The van der Waals surface area contributed by atoms with E-state index in [1.54, 1.807) is 7.11 Å². The third-order valence-electron chi connectivity index (χ3n) is 11.7. The molecule has 2 N–H and O–H groups in total. The van der Waals surface area contributed by atoms with Crippen molar-refractivity contribution >= 4 is 32.8 Å². The predicted octanol–water partition coefficient (Wildman–Crippen LogP) is 3.91. The van der Waals surface area contributed by atoms with Crippen molar-refractivity contribution in [1.29, 1.82) is 0 Å². The van der Waals surface area contributed by atoms with Gasteiger partial charge in [0.15, 0.2) is 5.78 Å². The Labute approximate surface area is 277 Å². The summed E-state index contributed by atoms with van der Waals surface area (Å²) in [4.78, 5) is 30.9. The lowest BCUT2D eigenvalue weighted by atomic mass is 9.72. The summed E-state index contributed by atoms with van der Waals surface area (Å²) in [7, 11) is 0.532. The third kappa shape index (κ3) is 5.03. The first-order valence-corrected chi connectivity index (χ1v) is 18.7. The van der Waals surface area contributed by atoms with Gasteiger partial charge in [-0.2, -0.15) is 12.7 Å². The minimum absolute atomic E-state index is 0.208. The van der Waals surface area contributed by atoms with E-state index in [-0.39, 0.29) is 29.7 Å². The summed E-state index contributed by atoms with van der Waals surface area (Å²) in [6.07, 6.45) is 12.8. The fraction of sp³-hybridized carbons (Fsp3) is 0.556. The van der Waals surface area contributed by atoms with Gasteiger partial charge >= 0.3 is 10.2 Å². The van der Waals surface area contributed by atoms with E-state index in [9.17, 15) is 18.0 Å². The molecule has 1 aromatic heterocycles. The van der Waals surface area contributed by atoms with Crippen LogP contribution >= 0.6 is 0 Å². The molecule has 4 atom stereocenters. The Balaban J connectivity index is 1.30. The molecule has 2 aromatic rings. The van der Waals surface area contributed by atoms with E-state index < -0.39 is 16.1 Å². The number of hydrogen-bond donors (Lipinski definition) is 2. The molecule has 0 spiro atoms. The quantitative estimate of drug-likeness (QED) is 0.464. The van der Waals surface area contributed by atoms with E-state index in [4.69, 9.17) is 4.74 Å². The molecule has 4 heterocycles. The second-order valence-electron chi connectivity index (χ2n) is 14.3. The number of nitrogens with one attached hydrogen (secondary N) is 2. The maximum Gasteiger partial charge on any atom is 0.303 e. The van der Waals surface area contributed by atoms with Gasteiger partial charge in [0.25, 0.3) is 5.91 Å². The van der Waals surface area contributed by atoms with Gasteiger partial charge in [0.2, 0.25) is 0 Å². The van der Waals surface area contributed by atoms with E-state index in [0.29, 0.717) is 24.5 Å². The molecular weight excluding hydrogens is 614 g/mol. The van der Waals surface area contributed by atoms with Crippen LogP contribution in [-0.4, -0.2) is 86.8 Å². The molecule has 47 heavy (non-hydrogen) atoms. The summed E-state index contributed by atoms with van der Waals surface area (Å²) in [6, 6.07) is 6.51. The van der Waals surface area contributed by atoms with Crippen LogP contribution in [0.1, 0.15) is 74.5 Å². The topological polar surface area (TPSA) is 113 Å². The Morgan fingerprint density at radius 1 is 1.06 bits per heavy atom. The molecule has 2 saturated heterocycles. The van der Waals surface area contributed by atoms with Crippen LogP contribution in [0.2, 0.25) is 0 Å². The number of carbonyl (C=O) groups is 2. The Kier molecular flexibility index (Phi) is 7.74. The number of Topliss-reactive ketones (excluding diaryl/α,β-unsaturated/α-hetero) is 1. The molecule has 250 valence electrons. The van der Waals surface area contributed by atoms with Gasteiger partial charge in [-0.15, -0.1) is 0 Å². The molecule has 8 rings (SSSR count). The van der Waals surface area contributed by atoms with Gasteiger partial charge in [-0.25, -0.2) is 4.72 Å². The van der Waals surface area contributed by atoms with Crippen molar-refractivity contribution in [3.8, 4) is 5.75 Å². The number of aromatic nitrogens is 1. The van der Waals surface area contributed by atoms with Crippen molar-refractivity contribution in [2.45, 2.75) is 81.8 Å². The highest BCUT2D eigenvalue weighted by atomic mass is 32.2. The Morgan fingerprint density at radius 2 is 1.87 bits per heavy atom. The molecule has 6 aliphatic rings. The summed E-state index contributed by atoms with van der Waals surface area (Å²) in [5, 5.41) is 4.64. The molecule has 2 unspecified atom stereocenters. The summed E-state index contributed by atoms with van der Waals surface area (Å²) in [5.74, 6) is 0.257. The van der Waals surface area contributed by atoms with Crippen molar-refractivity contribution in [3.63, 3.8) is 0 Å². The minimum atomic E-state index is -3.98. The molecular formula is C36H45N5O5S. The lowest BCUT2D eigenvalue weighted by Gasteiger charge is -2.40. The number of rotatable bonds is 7. The Morgan fingerprint density at radius 3 is 2.64 bits per heavy atom. The minimum Gasteiger partial charge on any atom is -0.496 e. The number of hydrogen-bond acceptors (Lipinski definition) is 7. The zero-order valence-electron chi connectivity index (χ0n) is 27.5. The zero-order valence-corrected chi connectivity index (χ0v) is 28.4. The molecule has 3 aliphatic carbocycles. The summed E-state index contributed by atoms with van der Waals surface area (Å²) in [6.45, 7) is 3.25. The second kappa shape index (κ2) is 11.7. The first-order valence-electron chi connectivity index (χ1n) is 17.3. The largest absolute Gasteiger partial charge is 0.496 e. The molecule has 1 saturated carbocycles. The number of ether oxygens (including phenoxy) is 1. The maximum absolute atomic E-state index is 14.8. The first-order chi connectivity index (χ1) is 22.7. The SMILES string of the molecule is COc1ccc(C2CCCCC2)c2c1cc1n2CC2=C(C(=O)NS(=O)(=O)N(C)C)C2=C2C=CC[C@@H](C(=O)C3NCCN4CCC[C@H]34)C21. The maximum atomic E-state index is 14.8. The molecule has 10 nitrogen and oxygen atoms in total. The van der Waals surface area contributed by atoms with Crippen LogP contribution in [-0.2, 0) is 26.3 Å². The molecule has 0 bridgehead atoms. The first kappa shape index (κ1) is 31.0. The average molecular weight is 660 g/mol. The van der Waals surface area contributed by atoms with Crippen LogP contribution in [0.25, 0.3) is 10.9 Å². The molecule has 3 fully saturated rings. The molecule has 11 heteroatoms. The number of amides is 1. The highest BCUT2D eigenvalue weighted by Gasteiger charge is 2.50. The fourth-order valence-electron chi connectivity index (χ4n) is 9.33. The number of carbonyl (C=O) groups excluding carboxylic acids is 2. The second-order valence-corrected chi connectivity index (χ2v) is 16.2. The average Bonchev–Trinajstić information content (AvgIpc) is 3.40. The van der Waals surface area contributed by atoms with Crippen molar-refractivity contribution < 1.29 is 22.7 Å². The van der Waals surface area contributed by atoms with Gasteiger partial charge in [-0.1, -0.05) is 37.5 Å². The smallest absolute Gasteiger partial charge is 0.303 e. The van der Waals surface area contributed by atoms with Gasteiger partial charge in [0.05, 0.1) is 24.2 Å². The summed E-state index contributed by atoms with van der Waals surface area (Å²) >= 11 is 0. The van der Waals surface area contributed by atoms with Gasteiger partial charge in [-0.3, -0.25) is 14.5 Å². The molecule has 3 aliphatic heterocycles. The zero-order chi connectivity index (χ0) is 32.6. The molecule has 0 radical (unpaired) electrons. The third-order valence-corrected chi connectivity index (χ3v) is 13.1. The lowest BCUT2D eigenvalue weighted by molar-refractivity contribution is -0.127. The highest BCUT2D eigenvalue weighted by Crippen LogP contribution is 2.55. The number of benzene rings is 1. The van der Waals surface area contributed by atoms with Crippen LogP contribution in [0.3, 0.4) is 0 Å². The Bertz CT molecular complexity index is 1860. The van der Waals surface area contributed by atoms with E-state index in [0.717, 1.165) is 88.7 Å². The van der Waals surface area contributed by atoms with Crippen LogP contribution < -0.4 is 14.8 Å². The number of piperazine rings is 1. The van der Waals surface area contributed by atoms with Crippen LogP contribution in [0.5, 0.6) is 5.75 Å². The monoisotopic (exact) mass is 659 g/mol. The fourth-order valence-corrected chi connectivity index (χ4v) is 9.85. The summed E-state index contributed by atoms with van der Waals surface area (Å²) in [5.41, 5.74) is 6.52. The van der Waals surface area contributed by atoms with Gasteiger partial charge in [-0.05, 0) is 79.0 Å². The van der Waals surface area contributed by atoms with E-state index in [1.807, 2.05) is 0 Å². The van der Waals surface area contributed by atoms with Crippen molar-refractivity contribution in [1.82, 2.24) is 23.8 Å². The van der Waals surface area contributed by atoms with Gasteiger partial charge in [0.1, 0.15) is 5.75 Å². The van der Waals surface area contributed by atoms with Crippen molar-refractivity contribution in [3.05, 3.63) is 63.9 Å². The number of nitrogens with zero attached hydrogens (tertiary/aromatic N) is 3. The molecule has 1 aromatic carbocycles. The van der Waals surface area contributed by atoms with Crippen molar-refractivity contribution in [2.24, 2.45) is 5.92 Å².